The minimum absolute atomic E-state index is 0.800. The van der Waals surface area contributed by atoms with Crippen molar-refractivity contribution in [1.29, 1.82) is 0 Å². The highest BCUT2D eigenvalue weighted by molar-refractivity contribution is 7.00. The van der Waals surface area contributed by atoms with Crippen molar-refractivity contribution in [2.45, 2.75) is 0 Å². The molecule has 0 fully saturated rings. The number of hydrogen-bond acceptors (Lipinski definition) is 10. The van der Waals surface area contributed by atoms with Gasteiger partial charge in [0.05, 0.1) is 52.2 Å². The Morgan fingerprint density at radius 3 is 1.60 bits per heavy atom. The van der Waals surface area contributed by atoms with Crippen LogP contribution in [0.3, 0.4) is 0 Å². The van der Waals surface area contributed by atoms with Crippen molar-refractivity contribution >= 4 is 118 Å². The van der Waals surface area contributed by atoms with Crippen molar-refractivity contribution in [3.05, 3.63) is 140 Å². The third-order valence-corrected chi connectivity index (χ3v) is 11.5. The summed E-state index contributed by atoms with van der Waals surface area (Å²) in [5.41, 5.74) is 11.9. The molecule has 244 valence electrons. The van der Waals surface area contributed by atoms with Crippen LogP contribution < -0.4 is 4.90 Å². The van der Waals surface area contributed by atoms with E-state index in [-0.39, 0.29) is 0 Å². The molecule has 0 aliphatic carbocycles. The Bertz CT molecular complexity index is 3120. The van der Waals surface area contributed by atoms with E-state index < -0.39 is 0 Å². The van der Waals surface area contributed by atoms with Crippen LogP contribution in [0.25, 0.3) is 87.7 Å². The van der Waals surface area contributed by atoms with Gasteiger partial charge in [-0.05, 0) is 85.9 Å². The number of anilines is 3. The molecule has 0 N–H and O–H groups in total. The number of nitrogens with zero attached hydrogens (tertiary/aromatic N) is 7. The van der Waals surface area contributed by atoms with E-state index in [2.05, 4.69) is 137 Å². The first-order chi connectivity index (χ1) is 25.8. The summed E-state index contributed by atoms with van der Waals surface area (Å²) in [5.74, 6) is 0. The quantitative estimate of drug-likeness (QED) is 0.164. The lowest BCUT2D eigenvalue weighted by atomic mass is 9.91. The minimum atomic E-state index is 0.800. The molecule has 0 spiro atoms. The molecule has 3 aromatic heterocycles. The van der Waals surface area contributed by atoms with Crippen LogP contribution >= 0.6 is 35.2 Å². The molecule has 0 aliphatic heterocycles. The van der Waals surface area contributed by atoms with E-state index in [1.54, 1.807) is 0 Å². The first kappa shape index (κ1) is 29.5. The van der Waals surface area contributed by atoms with Crippen LogP contribution in [0.1, 0.15) is 0 Å². The fraction of sp³-hybridized carbons (Fsp3) is 0. The van der Waals surface area contributed by atoms with E-state index in [0.717, 1.165) is 72.4 Å². The van der Waals surface area contributed by atoms with E-state index in [4.69, 9.17) is 21.9 Å². The zero-order chi connectivity index (χ0) is 34.2. The maximum Gasteiger partial charge on any atom is 0.129 e. The molecular weight excluding hydrogens is 699 g/mol. The van der Waals surface area contributed by atoms with Gasteiger partial charge in [0.25, 0.3) is 0 Å². The Balaban J connectivity index is 1.18. The molecule has 0 atom stereocenters. The molecule has 11 aromatic rings. The van der Waals surface area contributed by atoms with Crippen molar-refractivity contribution in [2.24, 2.45) is 0 Å². The van der Waals surface area contributed by atoms with Crippen LogP contribution in [0, 0.1) is 0 Å². The summed E-state index contributed by atoms with van der Waals surface area (Å²) in [4.78, 5) is 2.22. The van der Waals surface area contributed by atoms with Crippen LogP contribution in [0.5, 0.6) is 0 Å². The minimum Gasteiger partial charge on any atom is -0.304 e. The summed E-state index contributed by atoms with van der Waals surface area (Å²) in [6, 6.07) is 49.1. The maximum atomic E-state index is 4.99. The van der Waals surface area contributed by atoms with Crippen molar-refractivity contribution in [1.82, 2.24) is 26.2 Å². The Hall–Kier alpha value is -6.20. The summed E-state index contributed by atoms with van der Waals surface area (Å²) >= 11 is 3.66. The highest BCUT2D eigenvalue weighted by Gasteiger charge is 2.27. The van der Waals surface area contributed by atoms with Crippen molar-refractivity contribution in [2.75, 3.05) is 4.90 Å². The molecule has 0 unspecified atom stereocenters. The monoisotopic (exact) mass is 721 g/mol. The predicted molar refractivity (Wildman–Crippen MR) is 217 cm³/mol. The van der Waals surface area contributed by atoms with Gasteiger partial charge in [0.15, 0.2) is 0 Å². The fourth-order valence-electron chi connectivity index (χ4n) is 7.61. The lowest BCUT2D eigenvalue weighted by Crippen LogP contribution is -2.12. The van der Waals surface area contributed by atoms with Gasteiger partial charge in [-0.1, -0.05) is 97.1 Å². The van der Waals surface area contributed by atoms with E-state index >= 15 is 0 Å². The van der Waals surface area contributed by atoms with Gasteiger partial charge in [0.1, 0.15) is 33.1 Å². The molecule has 0 radical (unpaired) electrons. The number of hydrogen-bond donors (Lipinski definition) is 0. The lowest BCUT2D eigenvalue weighted by molar-refractivity contribution is 1.31. The third kappa shape index (κ3) is 4.42. The highest BCUT2D eigenvalue weighted by atomic mass is 32.1. The zero-order valence-electron chi connectivity index (χ0n) is 27.1. The molecule has 7 nitrogen and oxygen atoms in total. The SMILES string of the molecule is c1ccc2c(-c3ccc(N(c4cccc5nsnc45)c4ccc(-c5c6ccccc6cc6ccccc56)c5nsnc45)c4nsnc34)cccc2c1. The zero-order valence-corrected chi connectivity index (χ0v) is 29.6. The Morgan fingerprint density at radius 2 is 0.865 bits per heavy atom. The van der Waals surface area contributed by atoms with Gasteiger partial charge < -0.3 is 4.90 Å². The normalized spacial score (nSPS) is 11.8. The molecule has 0 saturated heterocycles. The molecular formula is C42H23N7S3. The van der Waals surface area contributed by atoms with E-state index in [0.29, 0.717) is 0 Å². The molecule has 52 heavy (non-hydrogen) atoms. The first-order valence-corrected chi connectivity index (χ1v) is 18.9. The van der Waals surface area contributed by atoms with Gasteiger partial charge in [-0.15, -0.1) is 0 Å². The second kappa shape index (κ2) is 11.7. The topological polar surface area (TPSA) is 80.6 Å². The van der Waals surface area contributed by atoms with Crippen molar-refractivity contribution in [3.8, 4) is 22.3 Å². The number of rotatable bonds is 5. The average molecular weight is 722 g/mol. The summed E-state index contributed by atoms with van der Waals surface area (Å²) < 4.78 is 29.2. The molecule has 11 rings (SSSR count). The summed E-state index contributed by atoms with van der Waals surface area (Å²) in [6.45, 7) is 0. The standard InChI is InChI=1S/C42H23N7S3/c1-4-13-27-24(9-1)12-7-16-30(27)31-19-21-35(41-38(31)44-51-47-41)49(34-18-8-17-33-40(34)46-50-43-33)36-22-20-32(39-42(36)48-52-45-39)37-28-14-5-2-10-25(28)23-26-11-3-6-15-29(26)37/h1-23H. The fourth-order valence-corrected chi connectivity index (χ4v) is 9.30. The molecule has 0 bridgehead atoms. The number of aromatic nitrogens is 6. The molecule has 8 aromatic carbocycles. The second-order valence-electron chi connectivity index (χ2n) is 12.7. The van der Waals surface area contributed by atoms with E-state index in [1.165, 1.54) is 67.5 Å². The molecule has 0 amide bonds. The molecule has 3 heterocycles. The highest BCUT2D eigenvalue weighted by Crippen LogP contribution is 2.48. The summed E-state index contributed by atoms with van der Waals surface area (Å²) in [7, 11) is 0. The van der Waals surface area contributed by atoms with Gasteiger partial charge >= 0.3 is 0 Å². The average Bonchev–Trinajstić information content (AvgIpc) is 4.00. The van der Waals surface area contributed by atoms with E-state index in [1.807, 2.05) is 12.1 Å². The largest absolute Gasteiger partial charge is 0.304 e. The van der Waals surface area contributed by atoms with Crippen LogP contribution in [-0.2, 0) is 0 Å². The van der Waals surface area contributed by atoms with E-state index in [9.17, 15) is 0 Å². The van der Waals surface area contributed by atoms with Gasteiger partial charge in [0, 0.05) is 11.1 Å². The third-order valence-electron chi connectivity index (χ3n) is 9.90. The van der Waals surface area contributed by atoms with Crippen molar-refractivity contribution in [3.63, 3.8) is 0 Å². The summed E-state index contributed by atoms with van der Waals surface area (Å²) in [5, 5.41) is 7.09. The second-order valence-corrected chi connectivity index (χ2v) is 14.2. The molecule has 10 heteroatoms. The summed E-state index contributed by atoms with van der Waals surface area (Å²) in [6.07, 6.45) is 0. The number of benzene rings is 8. The Labute approximate surface area is 309 Å². The van der Waals surface area contributed by atoms with Gasteiger partial charge in [0.2, 0.25) is 0 Å². The van der Waals surface area contributed by atoms with Gasteiger partial charge in [-0.3, -0.25) is 0 Å². The number of fused-ring (bicyclic) bond motifs is 6. The van der Waals surface area contributed by atoms with Crippen LogP contribution in [0.2, 0.25) is 0 Å². The Kier molecular flexibility index (Phi) is 6.63. The van der Waals surface area contributed by atoms with Crippen LogP contribution in [0.4, 0.5) is 17.1 Å². The maximum absolute atomic E-state index is 4.99. The lowest BCUT2D eigenvalue weighted by Gasteiger charge is -2.26. The van der Waals surface area contributed by atoms with Crippen LogP contribution in [-0.4, -0.2) is 26.2 Å². The smallest absolute Gasteiger partial charge is 0.129 e. The predicted octanol–water partition coefficient (Wildman–Crippen LogP) is 12.0. The molecule has 0 aliphatic rings. The Morgan fingerprint density at radius 1 is 0.346 bits per heavy atom. The first-order valence-electron chi connectivity index (χ1n) is 16.7. The van der Waals surface area contributed by atoms with Gasteiger partial charge in [-0.2, -0.15) is 26.2 Å². The van der Waals surface area contributed by atoms with Gasteiger partial charge in [-0.25, -0.2) is 0 Å². The van der Waals surface area contributed by atoms with Crippen molar-refractivity contribution < 1.29 is 0 Å². The molecule has 0 saturated carbocycles. The van der Waals surface area contributed by atoms with Crippen LogP contribution in [0.15, 0.2) is 140 Å².